The number of amides is 1. The molecule has 0 spiro atoms. The van der Waals surface area contributed by atoms with Gasteiger partial charge in [-0.15, -0.1) is 0 Å². The smallest absolute Gasteiger partial charge is 0.326 e. The van der Waals surface area contributed by atoms with E-state index in [1.807, 2.05) is 6.92 Å². The van der Waals surface area contributed by atoms with E-state index in [0.29, 0.717) is 17.7 Å². The highest BCUT2D eigenvalue weighted by Gasteiger charge is 2.55. The van der Waals surface area contributed by atoms with Crippen molar-refractivity contribution in [1.82, 2.24) is 0 Å². The minimum atomic E-state index is -4.67. The van der Waals surface area contributed by atoms with Gasteiger partial charge in [-0.25, -0.2) is 0 Å². The highest BCUT2D eigenvalue weighted by atomic mass is 35.5. The van der Waals surface area contributed by atoms with Crippen LogP contribution in [0.15, 0.2) is 29.2 Å². The summed E-state index contributed by atoms with van der Waals surface area (Å²) in [5.74, 6) is -0.223. The number of anilines is 1. The molecule has 158 valence electrons. The van der Waals surface area contributed by atoms with E-state index < -0.39 is 12.6 Å². The molecule has 0 unspecified atom stereocenters. The number of benzene rings is 1. The van der Waals surface area contributed by atoms with E-state index in [4.69, 9.17) is 20.6 Å². The van der Waals surface area contributed by atoms with Gasteiger partial charge < -0.3 is 14.4 Å². The van der Waals surface area contributed by atoms with Gasteiger partial charge in [-0.1, -0.05) is 37.1 Å². The predicted octanol–water partition coefficient (Wildman–Crippen LogP) is 6.90. The molecule has 0 aromatic heterocycles. The highest BCUT2D eigenvalue weighted by molar-refractivity contribution is 8.09. The van der Waals surface area contributed by atoms with Gasteiger partial charge in [0.25, 0.3) is 0 Å². The lowest BCUT2D eigenvalue weighted by molar-refractivity contribution is -0.114. The third-order valence-electron chi connectivity index (χ3n) is 3.34. The zero-order valence-electron chi connectivity index (χ0n) is 16.3. The van der Waals surface area contributed by atoms with Gasteiger partial charge in [-0.3, -0.25) is 9.36 Å². The average Bonchev–Trinajstić information content (AvgIpc) is 2.61. The van der Waals surface area contributed by atoms with Crippen molar-refractivity contribution < 1.29 is 27.2 Å². The van der Waals surface area contributed by atoms with Crippen LogP contribution in [0.5, 0.6) is 0 Å². The number of alkyl halides is 2. The summed E-state index contributed by atoms with van der Waals surface area (Å²) in [6.07, 6.45) is 0.830. The largest absolute Gasteiger partial charge is 0.410 e. The van der Waals surface area contributed by atoms with E-state index in [2.05, 4.69) is 5.32 Å². The third-order valence-corrected chi connectivity index (χ3v) is 7.58. The molecular weight excluding hydrogens is 431 g/mol. The van der Waals surface area contributed by atoms with Crippen LogP contribution in [0.4, 0.5) is 14.5 Å². The fourth-order valence-electron chi connectivity index (χ4n) is 2.23. The van der Waals surface area contributed by atoms with Crippen molar-refractivity contribution >= 4 is 47.6 Å². The monoisotopic (exact) mass is 455 g/mol. The molecule has 5 nitrogen and oxygen atoms in total. The number of halogens is 3. The fourth-order valence-corrected chi connectivity index (χ4v) is 5.52. The van der Waals surface area contributed by atoms with Crippen LogP contribution in [0.1, 0.15) is 46.1 Å². The van der Waals surface area contributed by atoms with Gasteiger partial charge in [-0.05, 0) is 49.7 Å². The number of carbonyl (C=O) groups is 1. The lowest BCUT2D eigenvalue weighted by Crippen LogP contribution is -2.17. The van der Waals surface area contributed by atoms with Gasteiger partial charge in [-0.2, -0.15) is 8.78 Å². The van der Waals surface area contributed by atoms with Crippen molar-refractivity contribution in [2.45, 2.75) is 45.5 Å². The Morgan fingerprint density at radius 3 is 2.14 bits per heavy atom. The maximum atomic E-state index is 14.8. The number of rotatable bonds is 11. The highest BCUT2D eigenvalue weighted by Crippen LogP contribution is 2.68. The van der Waals surface area contributed by atoms with Crippen LogP contribution in [0.25, 0.3) is 5.03 Å². The first-order valence-corrected chi connectivity index (χ1v) is 11.6. The molecule has 10 heteroatoms. The fraction of sp³-hybridized carbons (Fsp3) is 0.500. The second-order valence-electron chi connectivity index (χ2n) is 5.67. The Hall–Kier alpha value is -0.920. The topological polar surface area (TPSA) is 64.6 Å². The molecule has 1 aromatic rings. The van der Waals surface area contributed by atoms with Crippen LogP contribution in [0.3, 0.4) is 0 Å². The molecule has 1 amide bonds. The molecule has 0 aliphatic heterocycles. The molecule has 0 bridgehead atoms. The number of carbonyl (C=O) groups excluding carboxylic acids is 1. The molecule has 1 N–H and O–H groups in total. The van der Waals surface area contributed by atoms with Crippen LogP contribution in [0.2, 0.25) is 0 Å². The number of nitrogens with one attached hydrogen (secondary N) is 1. The van der Waals surface area contributed by atoms with Gasteiger partial charge in [0.1, 0.15) is 0 Å². The molecule has 1 rings (SSSR count). The summed E-state index contributed by atoms with van der Waals surface area (Å²) < 4.78 is 51.8. The number of allylic oxidation sites excluding steroid dienone is 1. The summed E-state index contributed by atoms with van der Waals surface area (Å²) in [5, 5.41) is 2.74. The van der Waals surface area contributed by atoms with Crippen molar-refractivity contribution in [3.05, 3.63) is 34.7 Å². The van der Waals surface area contributed by atoms with Crippen molar-refractivity contribution in [3.63, 3.8) is 0 Å². The van der Waals surface area contributed by atoms with Gasteiger partial charge in [0, 0.05) is 17.5 Å². The number of thioether (sulfide) groups is 1. The first-order valence-electron chi connectivity index (χ1n) is 8.82. The van der Waals surface area contributed by atoms with E-state index in [0.717, 1.165) is 0 Å². The van der Waals surface area contributed by atoms with Crippen molar-refractivity contribution in [2.24, 2.45) is 0 Å². The second-order valence-corrected chi connectivity index (χ2v) is 9.63. The van der Waals surface area contributed by atoms with Crippen LogP contribution < -0.4 is 5.32 Å². The Morgan fingerprint density at radius 1 is 1.18 bits per heavy atom. The standard InChI is InChI=1S/C18H25ClF2NO4PS/c1-5-8-16(28-18(20,21)27(24,25-6-2)26-7-3)17(19)14-9-11-15(12-10-14)22-13(4)23/h9-12H,5-8H2,1-4H3,(H,22,23)/b17-16+. The van der Waals surface area contributed by atoms with E-state index in [1.54, 1.807) is 24.3 Å². The van der Waals surface area contributed by atoms with E-state index in [1.165, 1.54) is 20.8 Å². The quantitative estimate of drug-likeness (QED) is 0.367. The number of hydrogen-bond acceptors (Lipinski definition) is 5. The molecule has 0 radical (unpaired) electrons. The van der Waals surface area contributed by atoms with Crippen LogP contribution in [-0.2, 0) is 18.4 Å². The number of hydrogen-bond donors (Lipinski definition) is 1. The van der Waals surface area contributed by atoms with Crippen molar-refractivity contribution in [2.75, 3.05) is 18.5 Å². The maximum Gasteiger partial charge on any atom is 0.410 e. The van der Waals surface area contributed by atoms with E-state index in [-0.39, 0.29) is 47.2 Å². The summed E-state index contributed by atoms with van der Waals surface area (Å²) in [5.41, 5.74) is 1.07. The molecule has 1 aromatic carbocycles. The molecule has 0 saturated carbocycles. The molecular formula is C18H25ClF2NO4PS. The summed E-state index contributed by atoms with van der Waals surface area (Å²) in [6, 6.07) is 6.48. The molecule has 0 aliphatic rings. The van der Waals surface area contributed by atoms with E-state index in [9.17, 15) is 18.1 Å². The zero-order chi connectivity index (χ0) is 21.4. The Bertz CT molecular complexity index is 734. The van der Waals surface area contributed by atoms with Gasteiger partial charge in [0.2, 0.25) is 5.91 Å². The van der Waals surface area contributed by atoms with Crippen molar-refractivity contribution in [3.8, 4) is 0 Å². The minimum Gasteiger partial charge on any atom is -0.326 e. The average molecular weight is 456 g/mol. The molecule has 0 fully saturated rings. The predicted molar refractivity (Wildman–Crippen MR) is 112 cm³/mol. The first kappa shape index (κ1) is 25.1. The maximum absolute atomic E-state index is 14.8. The van der Waals surface area contributed by atoms with Gasteiger partial charge in [0.15, 0.2) is 0 Å². The Labute approximate surface area is 173 Å². The summed E-state index contributed by atoms with van der Waals surface area (Å²) >= 11 is 6.49. The van der Waals surface area contributed by atoms with E-state index >= 15 is 0 Å². The van der Waals surface area contributed by atoms with Crippen LogP contribution >= 0.6 is 31.0 Å². The minimum absolute atomic E-state index is 0.108. The molecule has 0 aliphatic carbocycles. The molecule has 0 heterocycles. The molecule has 0 atom stereocenters. The SMILES string of the molecule is CCC/C(SC(F)(F)P(=O)(OCC)OCC)=C(\Cl)c1ccc(NC(C)=O)cc1. The van der Waals surface area contributed by atoms with Gasteiger partial charge >= 0.3 is 12.6 Å². The van der Waals surface area contributed by atoms with Gasteiger partial charge in [0.05, 0.1) is 18.2 Å². The third kappa shape index (κ3) is 6.85. The lowest BCUT2D eigenvalue weighted by Gasteiger charge is -2.26. The normalized spacial score (nSPS) is 13.2. The Morgan fingerprint density at radius 2 is 1.71 bits per heavy atom. The Kier molecular flexibility index (Phi) is 10.1. The lowest BCUT2D eigenvalue weighted by atomic mass is 10.1. The van der Waals surface area contributed by atoms with Crippen LogP contribution in [0, 0.1) is 0 Å². The molecule has 28 heavy (non-hydrogen) atoms. The van der Waals surface area contributed by atoms with Crippen molar-refractivity contribution in [1.29, 1.82) is 0 Å². The first-order chi connectivity index (χ1) is 13.1. The van der Waals surface area contributed by atoms with Crippen LogP contribution in [-0.4, -0.2) is 24.1 Å². The summed E-state index contributed by atoms with van der Waals surface area (Å²) in [7, 11) is -4.67. The molecule has 0 saturated heterocycles. The second kappa shape index (κ2) is 11.3. The Balaban J connectivity index is 3.22. The summed E-state index contributed by atoms with van der Waals surface area (Å²) in [4.78, 5) is 7.49. The zero-order valence-corrected chi connectivity index (χ0v) is 18.7. The summed E-state index contributed by atoms with van der Waals surface area (Å²) in [6.45, 7) is 5.82.